The van der Waals surface area contributed by atoms with Gasteiger partial charge in [0.25, 0.3) is 0 Å². The highest BCUT2D eigenvalue weighted by atomic mass is 19.1. The molecule has 0 saturated heterocycles. The van der Waals surface area contributed by atoms with Gasteiger partial charge in [0.2, 0.25) is 0 Å². The first-order valence-corrected chi connectivity index (χ1v) is 2.97. The summed E-state index contributed by atoms with van der Waals surface area (Å²) >= 11 is 0. The van der Waals surface area contributed by atoms with Crippen LogP contribution in [-0.4, -0.2) is 12.2 Å². The van der Waals surface area contributed by atoms with Gasteiger partial charge < -0.3 is 15.6 Å². The summed E-state index contributed by atoms with van der Waals surface area (Å²) in [4.78, 5) is 0. The van der Waals surface area contributed by atoms with Crippen molar-refractivity contribution in [3.05, 3.63) is 17.9 Å². The molecule has 0 aliphatic heterocycles. The maximum absolute atomic E-state index is 12.6. The molecule has 0 atom stereocenters. The number of nitrogens with two attached hydrogens (primary N) is 1. The quantitative estimate of drug-likeness (QED) is 0.474. The highest BCUT2D eigenvalue weighted by Crippen LogP contribution is 2.28. The molecule has 0 aromatic heterocycles. The molecule has 0 heterocycles. The number of ether oxygens (including phenoxy) is 1. The Bertz CT molecular complexity index is 252. The molecule has 0 spiro atoms. The van der Waals surface area contributed by atoms with Crippen LogP contribution in [0.15, 0.2) is 12.1 Å². The number of aromatic hydroxyl groups is 1. The van der Waals surface area contributed by atoms with E-state index >= 15 is 0 Å². The van der Waals surface area contributed by atoms with Crippen molar-refractivity contribution in [1.82, 2.24) is 0 Å². The third-order valence-corrected chi connectivity index (χ3v) is 1.30. The second kappa shape index (κ2) is 2.65. The molecule has 0 aliphatic rings. The van der Waals surface area contributed by atoms with E-state index in [9.17, 15) is 4.39 Å². The molecule has 0 aliphatic carbocycles. The Kier molecular flexibility index (Phi) is 1.85. The van der Waals surface area contributed by atoms with Crippen LogP contribution < -0.4 is 10.5 Å². The number of phenols is 1. The first kappa shape index (κ1) is 7.65. The lowest BCUT2D eigenvalue weighted by atomic mass is 10.2. The number of methoxy groups -OCH3 is 1. The maximum Gasteiger partial charge on any atom is 0.175 e. The molecule has 0 unspecified atom stereocenters. The lowest BCUT2D eigenvalue weighted by Crippen LogP contribution is -1.91. The Hall–Kier alpha value is -1.45. The van der Waals surface area contributed by atoms with Gasteiger partial charge in [-0.1, -0.05) is 0 Å². The lowest BCUT2D eigenvalue weighted by molar-refractivity contribution is 0.401. The Labute approximate surface area is 63.2 Å². The average Bonchev–Trinajstić information content (AvgIpc) is 1.99. The first-order chi connectivity index (χ1) is 5.15. The Morgan fingerprint density at radius 2 is 2.18 bits per heavy atom. The van der Waals surface area contributed by atoms with E-state index in [0.29, 0.717) is 0 Å². The molecule has 1 rings (SSSR count). The lowest BCUT2D eigenvalue weighted by Gasteiger charge is -2.03. The van der Waals surface area contributed by atoms with Gasteiger partial charge in [0.1, 0.15) is 5.75 Å². The Morgan fingerprint density at radius 1 is 1.55 bits per heavy atom. The van der Waals surface area contributed by atoms with Gasteiger partial charge in [-0.25, -0.2) is 4.39 Å². The molecule has 3 N–H and O–H groups in total. The van der Waals surface area contributed by atoms with E-state index in [1.165, 1.54) is 13.2 Å². The number of halogens is 1. The second-order valence-electron chi connectivity index (χ2n) is 2.05. The third-order valence-electron chi connectivity index (χ3n) is 1.30. The summed E-state index contributed by atoms with van der Waals surface area (Å²) in [7, 11) is 1.39. The minimum Gasteiger partial charge on any atom is -0.503 e. The normalized spacial score (nSPS) is 9.64. The van der Waals surface area contributed by atoms with E-state index in [4.69, 9.17) is 15.6 Å². The average molecular weight is 157 g/mol. The van der Waals surface area contributed by atoms with Crippen molar-refractivity contribution in [2.45, 2.75) is 0 Å². The fraction of sp³-hybridized carbons (Fsp3) is 0.143. The van der Waals surface area contributed by atoms with E-state index in [1.807, 2.05) is 0 Å². The van der Waals surface area contributed by atoms with Gasteiger partial charge in [-0.05, 0) is 0 Å². The van der Waals surface area contributed by atoms with Gasteiger partial charge in [-0.15, -0.1) is 0 Å². The molecule has 0 radical (unpaired) electrons. The van der Waals surface area contributed by atoms with Crippen LogP contribution >= 0.6 is 0 Å². The van der Waals surface area contributed by atoms with Crippen molar-refractivity contribution in [3.8, 4) is 11.5 Å². The summed E-state index contributed by atoms with van der Waals surface area (Å²) in [5.41, 5.74) is 5.20. The van der Waals surface area contributed by atoms with Crippen LogP contribution in [0.5, 0.6) is 11.5 Å². The van der Waals surface area contributed by atoms with Crippen molar-refractivity contribution >= 4 is 5.69 Å². The van der Waals surface area contributed by atoms with Gasteiger partial charge >= 0.3 is 0 Å². The van der Waals surface area contributed by atoms with Crippen molar-refractivity contribution in [2.24, 2.45) is 0 Å². The molecule has 4 heteroatoms. The van der Waals surface area contributed by atoms with Gasteiger partial charge in [0.05, 0.1) is 12.8 Å². The Balaban J connectivity index is 3.21. The van der Waals surface area contributed by atoms with Crippen molar-refractivity contribution in [2.75, 3.05) is 12.8 Å². The molecule has 0 saturated carbocycles. The standard InChI is InChI=1S/C7H8FNO2/c1-11-4-2-5(8)7(10)6(9)3-4/h2-3,10H,9H2,1H3. The topological polar surface area (TPSA) is 55.5 Å². The molecule has 0 amide bonds. The number of anilines is 1. The van der Waals surface area contributed by atoms with E-state index in [-0.39, 0.29) is 11.4 Å². The van der Waals surface area contributed by atoms with Gasteiger partial charge in [-0.3, -0.25) is 0 Å². The zero-order chi connectivity index (χ0) is 8.43. The first-order valence-electron chi connectivity index (χ1n) is 2.97. The number of benzene rings is 1. The maximum atomic E-state index is 12.6. The van der Waals surface area contributed by atoms with Crippen LogP contribution in [0.1, 0.15) is 0 Å². The van der Waals surface area contributed by atoms with Crippen LogP contribution in [0.3, 0.4) is 0 Å². The van der Waals surface area contributed by atoms with Crippen LogP contribution in [0.4, 0.5) is 10.1 Å². The van der Waals surface area contributed by atoms with E-state index in [0.717, 1.165) is 6.07 Å². The van der Waals surface area contributed by atoms with Gasteiger partial charge in [0, 0.05) is 12.1 Å². The third kappa shape index (κ3) is 1.34. The molecular weight excluding hydrogens is 149 g/mol. The van der Waals surface area contributed by atoms with Crippen molar-refractivity contribution in [1.29, 1.82) is 0 Å². The van der Waals surface area contributed by atoms with Gasteiger partial charge in [-0.2, -0.15) is 0 Å². The van der Waals surface area contributed by atoms with Crippen LogP contribution in [0.2, 0.25) is 0 Å². The molecule has 60 valence electrons. The molecular formula is C7H8FNO2. The van der Waals surface area contributed by atoms with Crippen LogP contribution in [0, 0.1) is 5.82 Å². The smallest absolute Gasteiger partial charge is 0.175 e. The summed E-state index contributed by atoms with van der Waals surface area (Å²) < 4.78 is 17.3. The highest BCUT2D eigenvalue weighted by molar-refractivity contribution is 5.56. The van der Waals surface area contributed by atoms with E-state index in [1.54, 1.807) is 0 Å². The molecule has 1 aromatic carbocycles. The summed E-state index contributed by atoms with van der Waals surface area (Å²) in [6.07, 6.45) is 0. The van der Waals surface area contributed by atoms with Crippen LogP contribution in [0.25, 0.3) is 0 Å². The molecule has 3 nitrogen and oxygen atoms in total. The number of hydrogen-bond donors (Lipinski definition) is 2. The molecule has 0 fully saturated rings. The zero-order valence-corrected chi connectivity index (χ0v) is 5.97. The monoisotopic (exact) mass is 157 g/mol. The summed E-state index contributed by atoms with van der Waals surface area (Å²) in [5.74, 6) is -1.02. The predicted molar refractivity (Wildman–Crippen MR) is 39.0 cm³/mol. The fourth-order valence-electron chi connectivity index (χ4n) is 0.712. The second-order valence-corrected chi connectivity index (χ2v) is 2.05. The van der Waals surface area contributed by atoms with Gasteiger partial charge in [0.15, 0.2) is 11.6 Å². The van der Waals surface area contributed by atoms with Crippen molar-refractivity contribution < 1.29 is 14.2 Å². The SMILES string of the molecule is COc1cc(N)c(O)c(F)c1. The van der Waals surface area contributed by atoms with E-state index in [2.05, 4.69) is 0 Å². The minimum atomic E-state index is -0.776. The highest BCUT2D eigenvalue weighted by Gasteiger charge is 2.06. The largest absolute Gasteiger partial charge is 0.503 e. The zero-order valence-electron chi connectivity index (χ0n) is 5.97. The molecule has 1 aromatic rings. The number of rotatable bonds is 1. The van der Waals surface area contributed by atoms with Crippen LogP contribution in [-0.2, 0) is 0 Å². The van der Waals surface area contributed by atoms with Crippen molar-refractivity contribution in [3.63, 3.8) is 0 Å². The summed E-state index contributed by atoms with van der Waals surface area (Å²) in [6.45, 7) is 0. The number of phenolic OH excluding ortho intramolecular Hbond substituents is 1. The Morgan fingerprint density at radius 3 is 2.64 bits per heavy atom. The fourth-order valence-corrected chi connectivity index (χ4v) is 0.712. The number of nitrogen functional groups attached to an aromatic ring is 1. The van der Waals surface area contributed by atoms with E-state index < -0.39 is 11.6 Å². The number of hydrogen-bond acceptors (Lipinski definition) is 3. The molecule has 11 heavy (non-hydrogen) atoms. The predicted octanol–water partition coefficient (Wildman–Crippen LogP) is 1.12. The molecule has 0 bridgehead atoms. The summed E-state index contributed by atoms with van der Waals surface area (Å²) in [5, 5.41) is 8.87. The summed E-state index contributed by atoms with van der Waals surface area (Å²) in [6, 6.07) is 2.41. The minimum absolute atomic E-state index is 0.0261.